The van der Waals surface area contributed by atoms with E-state index < -0.39 is 0 Å². The van der Waals surface area contributed by atoms with Crippen molar-refractivity contribution in [3.63, 3.8) is 0 Å². The second kappa shape index (κ2) is 3.32. The number of hydrogen-bond donors (Lipinski definition) is 1. The van der Waals surface area contributed by atoms with Gasteiger partial charge in [0, 0.05) is 11.3 Å². The fourth-order valence-corrected chi connectivity index (χ4v) is 2.64. The van der Waals surface area contributed by atoms with Crippen molar-refractivity contribution in [2.75, 3.05) is 0 Å². The van der Waals surface area contributed by atoms with Crippen molar-refractivity contribution in [1.29, 1.82) is 0 Å². The Morgan fingerprint density at radius 3 is 2.60 bits per heavy atom. The van der Waals surface area contributed by atoms with Crippen LogP contribution in [0.15, 0.2) is 0 Å². The average Bonchev–Trinajstić information content (AvgIpc) is 2.97. The minimum absolute atomic E-state index is 0.252. The fraction of sp³-hybridized carbons (Fsp3) is 0.833. The molecule has 1 aromatic heterocycles. The van der Waals surface area contributed by atoms with E-state index in [1.807, 2.05) is 0 Å². The Bertz CT molecular complexity index is 346. The largest absolute Gasteiger partial charge is 0.263 e. The maximum atomic E-state index is 4.70. The van der Waals surface area contributed by atoms with Gasteiger partial charge in [0.05, 0.1) is 0 Å². The smallest absolute Gasteiger partial charge is 0.156 e. The molecule has 0 bridgehead atoms. The predicted octanol–water partition coefficient (Wildman–Crippen LogP) is 2.90. The van der Waals surface area contributed by atoms with E-state index in [1.54, 1.807) is 0 Å². The number of nitrogens with zero attached hydrogens (tertiary/aromatic N) is 2. The summed E-state index contributed by atoms with van der Waals surface area (Å²) in [5.74, 6) is 2.90. The van der Waals surface area contributed by atoms with E-state index in [0.717, 1.165) is 11.6 Å². The molecule has 1 heterocycles. The van der Waals surface area contributed by atoms with Gasteiger partial charge in [-0.05, 0) is 25.7 Å². The van der Waals surface area contributed by atoms with Crippen LogP contribution in [0.4, 0.5) is 0 Å². The lowest BCUT2D eigenvalue weighted by atomic mass is 9.75. The van der Waals surface area contributed by atoms with E-state index in [1.165, 1.54) is 44.9 Å². The first-order valence-electron chi connectivity index (χ1n) is 6.21. The molecule has 0 radical (unpaired) electrons. The van der Waals surface area contributed by atoms with E-state index in [4.69, 9.17) is 4.98 Å². The average molecular weight is 205 g/mol. The summed E-state index contributed by atoms with van der Waals surface area (Å²) in [6.07, 6.45) is 9.17. The van der Waals surface area contributed by atoms with Crippen LogP contribution in [0.5, 0.6) is 0 Å². The second-order valence-corrected chi connectivity index (χ2v) is 5.44. The number of aromatic amines is 1. The zero-order valence-electron chi connectivity index (χ0n) is 9.42. The first-order valence-corrected chi connectivity index (χ1v) is 6.21. The molecule has 3 heteroatoms. The van der Waals surface area contributed by atoms with Crippen molar-refractivity contribution in [1.82, 2.24) is 15.2 Å². The Morgan fingerprint density at radius 2 is 1.93 bits per heavy atom. The quantitative estimate of drug-likeness (QED) is 0.806. The summed E-state index contributed by atoms with van der Waals surface area (Å²) in [5.41, 5.74) is 0.252. The van der Waals surface area contributed by atoms with E-state index in [0.29, 0.717) is 5.92 Å². The topological polar surface area (TPSA) is 41.6 Å². The van der Waals surface area contributed by atoms with Crippen LogP contribution < -0.4 is 0 Å². The highest BCUT2D eigenvalue weighted by molar-refractivity contribution is 5.12. The lowest BCUT2D eigenvalue weighted by Gasteiger charge is -2.30. The SMILES string of the molecule is CC1(c2n[nH]c(C3CC3)n2)CCCCC1. The molecule has 0 spiro atoms. The molecule has 2 fully saturated rings. The van der Waals surface area contributed by atoms with Crippen LogP contribution in [0, 0.1) is 0 Å². The second-order valence-electron chi connectivity index (χ2n) is 5.44. The van der Waals surface area contributed by atoms with E-state index in [9.17, 15) is 0 Å². The van der Waals surface area contributed by atoms with Gasteiger partial charge in [-0.3, -0.25) is 5.10 Å². The minimum Gasteiger partial charge on any atom is -0.263 e. The summed E-state index contributed by atoms with van der Waals surface area (Å²) in [6.45, 7) is 2.33. The van der Waals surface area contributed by atoms with Crippen LogP contribution in [0.2, 0.25) is 0 Å². The van der Waals surface area contributed by atoms with Gasteiger partial charge in [0.15, 0.2) is 5.82 Å². The highest BCUT2D eigenvalue weighted by Crippen LogP contribution is 2.41. The van der Waals surface area contributed by atoms with Gasteiger partial charge in [-0.2, -0.15) is 5.10 Å². The van der Waals surface area contributed by atoms with Gasteiger partial charge >= 0.3 is 0 Å². The summed E-state index contributed by atoms with van der Waals surface area (Å²) in [6, 6.07) is 0. The maximum Gasteiger partial charge on any atom is 0.156 e. The van der Waals surface area contributed by atoms with Crippen LogP contribution in [-0.2, 0) is 5.41 Å². The Kier molecular flexibility index (Phi) is 2.08. The summed E-state index contributed by atoms with van der Waals surface area (Å²) in [5, 5.41) is 7.57. The van der Waals surface area contributed by atoms with Gasteiger partial charge in [-0.1, -0.05) is 26.2 Å². The van der Waals surface area contributed by atoms with Crippen molar-refractivity contribution in [2.45, 2.75) is 63.2 Å². The van der Waals surface area contributed by atoms with Gasteiger partial charge in [0.2, 0.25) is 0 Å². The van der Waals surface area contributed by atoms with Crippen molar-refractivity contribution in [3.05, 3.63) is 11.6 Å². The van der Waals surface area contributed by atoms with Crippen LogP contribution >= 0.6 is 0 Å². The zero-order valence-corrected chi connectivity index (χ0v) is 9.42. The molecule has 15 heavy (non-hydrogen) atoms. The monoisotopic (exact) mass is 205 g/mol. The van der Waals surface area contributed by atoms with Crippen molar-refractivity contribution in [2.24, 2.45) is 0 Å². The van der Waals surface area contributed by atoms with E-state index in [-0.39, 0.29) is 5.41 Å². The van der Waals surface area contributed by atoms with Gasteiger partial charge in [-0.15, -0.1) is 0 Å². The third-order valence-electron chi connectivity index (χ3n) is 3.96. The summed E-state index contributed by atoms with van der Waals surface area (Å²) in [4.78, 5) is 4.70. The lowest BCUT2D eigenvalue weighted by Crippen LogP contribution is -2.26. The normalized spacial score (nSPS) is 25.4. The molecular formula is C12H19N3. The van der Waals surface area contributed by atoms with Crippen LogP contribution in [0.1, 0.15) is 69.4 Å². The Balaban J connectivity index is 1.83. The lowest BCUT2D eigenvalue weighted by molar-refractivity contribution is 0.304. The first kappa shape index (κ1) is 9.37. The van der Waals surface area contributed by atoms with E-state index in [2.05, 4.69) is 17.1 Å². The zero-order chi connectivity index (χ0) is 10.3. The Morgan fingerprint density at radius 1 is 1.20 bits per heavy atom. The molecule has 0 unspecified atom stereocenters. The summed E-state index contributed by atoms with van der Waals surface area (Å²) < 4.78 is 0. The number of aromatic nitrogens is 3. The molecule has 2 saturated carbocycles. The number of nitrogens with one attached hydrogen (secondary N) is 1. The molecule has 1 N–H and O–H groups in total. The third-order valence-corrected chi connectivity index (χ3v) is 3.96. The highest BCUT2D eigenvalue weighted by atomic mass is 15.2. The molecule has 0 atom stereocenters. The van der Waals surface area contributed by atoms with Crippen LogP contribution in [0.3, 0.4) is 0 Å². The molecule has 0 aliphatic heterocycles. The highest BCUT2D eigenvalue weighted by Gasteiger charge is 2.34. The Hall–Kier alpha value is -0.860. The minimum atomic E-state index is 0.252. The molecule has 0 amide bonds. The molecule has 2 aliphatic rings. The molecule has 3 nitrogen and oxygen atoms in total. The molecule has 1 aromatic rings. The number of H-pyrrole nitrogens is 1. The van der Waals surface area contributed by atoms with E-state index >= 15 is 0 Å². The van der Waals surface area contributed by atoms with Crippen LogP contribution in [0.25, 0.3) is 0 Å². The Labute approximate surface area is 90.7 Å². The standard InChI is InChI=1S/C12H19N3/c1-12(7-3-2-4-8-12)11-13-10(14-15-11)9-5-6-9/h9H,2-8H2,1H3,(H,13,14,15). The summed E-state index contributed by atoms with van der Waals surface area (Å²) in [7, 11) is 0. The summed E-state index contributed by atoms with van der Waals surface area (Å²) >= 11 is 0. The maximum absolute atomic E-state index is 4.70. The molecular weight excluding hydrogens is 186 g/mol. The molecule has 0 aromatic carbocycles. The molecule has 3 rings (SSSR count). The molecule has 0 saturated heterocycles. The molecule has 82 valence electrons. The number of hydrogen-bond acceptors (Lipinski definition) is 2. The van der Waals surface area contributed by atoms with Gasteiger partial charge in [0.25, 0.3) is 0 Å². The van der Waals surface area contributed by atoms with Crippen LogP contribution in [-0.4, -0.2) is 15.2 Å². The molecule has 2 aliphatic carbocycles. The third kappa shape index (κ3) is 1.68. The van der Waals surface area contributed by atoms with Crippen molar-refractivity contribution < 1.29 is 0 Å². The van der Waals surface area contributed by atoms with Crippen molar-refractivity contribution >= 4 is 0 Å². The van der Waals surface area contributed by atoms with Gasteiger partial charge in [-0.25, -0.2) is 4.98 Å². The number of rotatable bonds is 2. The van der Waals surface area contributed by atoms with Gasteiger partial charge in [0.1, 0.15) is 5.82 Å². The predicted molar refractivity (Wildman–Crippen MR) is 58.8 cm³/mol. The fourth-order valence-electron chi connectivity index (χ4n) is 2.64. The first-order chi connectivity index (χ1) is 7.28. The van der Waals surface area contributed by atoms with Crippen molar-refractivity contribution in [3.8, 4) is 0 Å². The van der Waals surface area contributed by atoms with Gasteiger partial charge < -0.3 is 0 Å².